The van der Waals surface area contributed by atoms with Crippen LogP contribution in [0.3, 0.4) is 0 Å². The predicted octanol–water partition coefficient (Wildman–Crippen LogP) is 3.52. The minimum Gasteiger partial charge on any atom is -0.325 e. The molecule has 5 rings (SSSR count). The Hall–Kier alpha value is -1.85. The largest absolute Gasteiger partial charge is 0.325 e. The first-order chi connectivity index (χ1) is 12.5. The molecule has 1 saturated heterocycles. The molecular formula is C19H18Cl2N2O3. The first kappa shape index (κ1) is 17.6. The molecule has 3 amide bonds. The second kappa shape index (κ2) is 6.71. The van der Waals surface area contributed by atoms with Crippen molar-refractivity contribution in [2.24, 2.45) is 23.7 Å². The highest BCUT2D eigenvalue weighted by Crippen LogP contribution is 2.49. The average Bonchev–Trinajstić information content (AvgIpc) is 2.90. The summed E-state index contributed by atoms with van der Waals surface area (Å²) in [5.74, 6) is -0.708. The van der Waals surface area contributed by atoms with E-state index in [0.717, 1.165) is 12.8 Å². The molecule has 0 spiro atoms. The van der Waals surface area contributed by atoms with E-state index in [4.69, 9.17) is 23.2 Å². The number of carbonyl (C=O) groups excluding carboxylic acids is 3. The number of nitrogens with one attached hydrogen (secondary N) is 1. The number of imide groups is 1. The highest BCUT2D eigenvalue weighted by molar-refractivity contribution is 6.36. The summed E-state index contributed by atoms with van der Waals surface area (Å²) in [5.41, 5.74) is 0.455. The fraction of sp³-hybridized carbons (Fsp3) is 0.421. The molecule has 2 fully saturated rings. The van der Waals surface area contributed by atoms with Crippen molar-refractivity contribution in [3.63, 3.8) is 0 Å². The van der Waals surface area contributed by atoms with E-state index < -0.39 is 0 Å². The van der Waals surface area contributed by atoms with Crippen LogP contribution >= 0.6 is 23.2 Å². The Morgan fingerprint density at radius 2 is 1.69 bits per heavy atom. The van der Waals surface area contributed by atoms with Crippen molar-refractivity contribution in [2.45, 2.75) is 19.3 Å². The Bertz CT molecular complexity index is 791. The minimum absolute atomic E-state index is 0.0403. The van der Waals surface area contributed by atoms with E-state index in [2.05, 4.69) is 17.5 Å². The molecule has 5 nitrogen and oxygen atoms in total. The molecule has 1 N–H and O–H groups in total. The number of benzene rings is 1. The molecule has 1 saturated carbocycles. The highest BCUT2D eigenvalue weighted by Gasteiger charge is 2.56. The molecule has 1 heterocycles. The zero-order valence-electron chi connectivity index (χ0n) is 14.0. The summed E-state index contributed by atoms with van der Waals surface area (Å²) in [5, 5.41) is 3.51. The number of amides is 3. The molecule has 1 aromatic carbocycles. The van der Waals surface area contributed by atoms with Gasteiger partial charge in [-0.25, -0.2) is 0 Å². The van der Waals surface area contributed by atoms with Gasteiger partial charge in [-0.2, -0.15) is 0 Å². The lowest BCUT2D eigenvalue weighted by Gasteiger charge is -2.38. The lowest BCUT2D eigenvalue weighted by molar-refractivity contribution is -0.140. The number of likely N-dealkylation sites (tertiary alicyclic amines) is 1. The summed E-state index contributed by atoms with van der Waals surface area (Å²) >= 11 is 11.9. The van der Waals surface area contributed by atoms with Crippen LogP contribution in [-0.2, 0) is 14.4 Å². The van der Waals surface area contributed by atoms with Gasteiger partial charge in [0.15, 0.2) is 0 Å². The van der Waals surface area contributed by atoms with Crippen LogP contribution in [0.2, 0.25) is 10.0 Å². The number of carbonyl (C=O) groups is 3. The van der Waals surface area contributed by atoms with Crippen molar-refractivity contribution in [2.75, 3.05) is 11.9 Å². The summed E-state index contributed by atoms with van der Waals surface area (Å²) in [4.78, 5) is 38.9. The van der Waals surface area contributed by atoms with Gasteiger partial charge < -0.3 is 5.32 Å². The fourth-order valence-corrected chi connectivity index (χ4v) is 4.83. The smallest absolute Gasteiger partial charge is 0.233 e. The van der Waals surface area contributed by atoms with E-state index in [1.165, 1.54) is 4.90 Å². The van der Waals surface area contributed by atoms with Crippen molar-refractivity contribution in [1.29, 1.82) is 0 Å². The molecule has 2 bridgehead atoms. The maximum absolute atomic E-state index is 12.7. The first-order valence-corrected chi connectivity index (χ1v) is 9.50. The van der Waals surface area contributed by atoms with Crippen molar-refractivity contribution in [3.8, 4) is 0 Å². The third-order valence-corrected chi connectivity index (χ3v) is 6.17. The first-order valence-electron chi connectivity index (χ1n) is 8.74. The van der Waals surface area contributed by atoms with Gasteiger partial charge in [0.05, 0.1) is 22.5 Å². The van der Waals surface area contributed by atoms with Gasteiger partial charge in [-0.1, -0.05) is 35.4 Å². The van der Waals surface area contributed by atoms with E-state index in [-0.39, 0.29) is 54.4 Å². The number of rotatable bonds is 4. The van der Waals surface area contributed by atoms with Crippen LogP contribution in [0.1, 0.15) is 19.3 Å². The zero-order chi connectivity index (χ0) is 18.4. The molecule has 4 aliphatic rings. The lowest BCUT2D eigenvalue weighted by atomic mass is 9.63. The fourth-order valence-electron chi connectivity index (χ4n) is 4.37. The zero-order valence-corrected chi connectivity index (χ0v) is 15.5. The molecule has 7 heteroatoms. The van der Waals surface area contributed by atoms with Gasteiger partial charge >= 0.3 is 0 Å². The van der Waals surface area contributed by atoms with Crippen LogP contribution in [0.4, 0.5) is 5.69 Å². The third kappa shape index (κ3) is 2.93. The van der Waals surface area contributed by atoms with E-state index in [1.807, 2.05) is 0 Å². The second-order valence-electron chi connectivity index (χ2n) is 7.09. The predicted molar refractivity (Wildman–Crippen MR) is 98.8 cm³/mol. The molecule has 0 unspecified atom stereocenters. The van der Waals surface area contributed by atoms with E-state index >= 15 is 0 Å². The second-order valence-corrected chi connectivity index (χ2v) is 7.94. The molecular weight excluding hydrogens is 375 g/mol. The standard InChI is InChI=1S/C19H18Cl2N2O3/c20-12-5-6-14(13(21)9-12)22-15(24)7-8-23-18(25)16-10-1-2-11(4-3-10)17(16)19(23)26/h1-2,5-6,9-11,16-17H,3-4,7-8H2,(H,22,24)/t10-,11-,16-,17-/m0/s1. The molecule has 136 valence electrons. The Kier molecular flexibility index (Phi) is 4.53. The van der Waals surface area contributed by atoms with E-state index in [0.29, 0.717) is 15.7 Å². The van der Waals surface area contributed by atoms with E-state index in [1.54, 1.807) is 18.2 Å². The van der Waals surface area contributed by atoms with Gasteiger partial charge in [-0.05, 0) is 42.9 Å². The van der Waals surface area contributed by atoms with Crippen molar-refractivity contribution >= 4 is 46.6 Å². The number of hydrogen-bond donors (Lipinski definition) is 1. The summed E-state index contributed by atoms with van der Waals surface area (Å²) in [6, 6.07) is 4.79. The van der Waals surface area contributed by atoms with Crippen LogP contribution in [0.5, 0.6) is 0 Å². The minimum atomic E-state index is -0.300. The van der Waals surface area contributed by atoms with Crippen molar-refractivity contribution < 1.29 is 14.4 Å². The van der Waals surface area contributed by atoms with Gasteiger partial charge in [0.2, 0.25) is 17.7 Å². The van der Waals surface area contributed by atoms with Crippen molar-refractivity contribution in [1.82, 2.24) is 4.90 Å². The maximum Gasteiger partial charge on any atom is 0.233 e. The molecule has 1 aliphatic heterocycles. The van der Waals surface area contributed by atoms with Crippen LogP contribution in [-0.4, -0.2) is 29.2 Å². The quantitative estimate of drug-likeness (QED) is 0.629. The Morgan fingerprint density at radius 3 is 2.23 bits per heavy atom. The van der Waals surface area contributed by atoms with Gasteiger partial charge in [0.25, 0.3) is 0 Å². The number of hydrogen-bond acceptors (Lipinski definition) is 3. The van der Waals surface area contributed by atoms with Crippen LogP contribution in [0, 0.1) is 23.7 Å². The molecule has 3 aliphatic carbocycles. The Morgan fingerprint density at radius 1 is 1.08 bits per heavy atom. The monoisotopic (exact) mass is 392 g/mol. The normalized spacial score (nSPS) is 29.2. The Labute approximate surface area is 161 Å². The van der Waals surface area contributed by atoms with Crippen LogP contribution in [0.25, 0.3) is 0 Å². The topological polar surface area (TPSA) is 66.5 Å². The molecule has 1 aromatic rings. The molecule has 4 atom stereocenters. The molecule has 0 radical (unpaired) electrons. The lowest BCUT2D eigenvalue weighted by Crippen LogP contribution is -2.38. The van der Waals surface area contributed by atoms with Crippen molar-refractivity contribution in [3.05, 3.63) is 40.4 Å². The van der Waals surface area contributed by atoms with Crippen LogP contribution < -0.4 is 5.32 Å². The number of anilines is 1. The number of nitrogens with zero attached hydrogens (tertiary/aromatic N) is 1. The number of fused-ring (bicyclic) bond motifs is 1. The van der Waals surface area contributed by atoms with Gasteiger partial charge in [0.1, 0.15) is 0 Å². The maximum atomic E-state index is 12.7. The average molecular weight is 393 g/mol. The van der Waals surface area contributed by atoms with Gasteiger partial charge in [-0.3, -0.25) is 19.3 Å². The highest BCUT2D eigenvalue weighted by atomic mass is 35.5. The molecule has 0 aromatic heterocycles. The Balaban J connectivity index is 1.40. The van der Waals surface area contributed by atoms with Gasteiger partial charge in [-0.15, -0.1) is 0 Å². The van der Waals surface area contributed by atoms with E-state index in [9.17, 15) is 14.4 Å². The number of allylic oxidation sites excluding steroid dienone is 2. The van der Waals surface area contributed by atoms with Gasteiger partial charge in [0, 0.05) is 18.0 Å². The summed E-state index contributed by atoms with van der Waals surface area (Å²) in [6.45, 7) is 0.0984. The molecule has 26 heavy (non-hydrogen) atoms. The van der Waals surface area contributed by atoms with Crippen LogP contribution in [0.15, 0.2) is 30.4 Å². The SMILES string of the molecule is O=C(CCN1C(=O)[C@@H]2[C@@H](C1=O)[C@H]1C=C[C@H]2CC1)Nc1ccc(Cl)cc1Cl. The summed E-state index contributed by atoms with van der Waals surface area (Å²) < 4.78 is 0. The third-order valence-electron chi connectivity index (χ3n) is 5.62. The summed E-state index contributed by atoms with van der Waals surface area (Å²) in [7, 11) is 0. The number of halogens is 2. The summed E-state index contributed by atoms with van der Waals surface area (Å²) in [6.07, 6.45) is 6.13.